The number of nitrogens with zero attached hydrogens (tertiary/aromatic N) is 2. The zero-order valence-corrected chi connectivity index (χ0v) is 18.3. The lowest BCUT2D eigenvalue weighted by molar-refractivity contribution is -0.120. The van der Waals surface area contributed by atoms with E-state index in [1.807, 2.05) is 56.6 Å². The summed E-state index contributed by atoms with van der Waals surface area (Å²) in [5.74, 6) is 0.931. The van der Waals surface area contributed by atoms with Crippen LogP contribution < -0.4 is 15.4 Å². The fourth-order valence-electron chi connectivity index (χ4n) is 3.72. The van der Waals surface area contributed by atoms with Crippen molar-refractivity contribution in [1.29, 1.82) is 0 Å². The molecule has 1 aromatic heterocycles. The molecular weight excluding hydrogens is 380 g/mol. The maximum atomic E-state index is 12.5. The Bertz CT molecular complexity index is 888. The topological polar surface area (TPSA) is 85.3 Å². The van der Waals surface area contributed by atoms with Crippen LogP contribution in [-0.4, -0.2) is 40.3 Å². The molecule has 2 N–H and O–H groups in total. The summed E-state index contributed by atoms with van der Waals surface area (Å²) < 4.78 is 7.72. The van der Waals surface area contributed by atoms with Gasteiger partial charge in [0.25, 0.3) is 5.91 Å². The molecule has 2 amide bonds. The first-order chi connectivity index (χ1) is 14.3. The van der Waals surface area contributed by atoms with Gasteiger partial charge < -0.3 is 15.4 Å². The minimum atomic E-state index is -0.0855. The Kier molecular flexibility index (Phi) is 7.13. The number of carbonyl (C=O) groups is 2. The Morgan fingerprint density at radius 1 is 1.23 bits per heavy atom. The molecule has 1 aliphatic rings. The van der Waals surface area contributed by atoms with E-state index in [0.717, 1.165) is 36.4 Å². The van der Waals surface area contributed by atoms with E-state index in [4.69, 9.17) is 4.74 Å². The van der Waals surface area contributed by atoms with Crippen LogP contribution in [0.5, 0.6) is 5.75 Å². The number of fused-ring (bicyclic) bond motifs is 1. The first-order valence-electron chi connectivity index (χ1n) is 10.7. The van der Waals surface area contributed by atoms with Gasteiger partial charge in [-0.15, -0.1) is 0 Å². The van der Waals surface area contributed by atoms with E-state index in [2.05, 4.69) is 15.7 Å². The predicted molar refractivity (Wildman–Crippen MR) is 116 cm³/mol. The van der Waals surface area contributed by atoms with Crippen molar-refractivity contribution in [2.45, 2.75) is 65.6 Å². The van der Waals surface area contributed by atoms with Crippen molar-refractivity contribution >= 4 is 11.8 Å². The van der Waals surface area contributed by atoms with Crippen molar-refractivity contribution in [3.8, 4) is 5.75 Å². The van der Waals surface area contributed by atoms with Crippen LogP contribution in [0.15, 0.2) is 30.5 Å². The molecule has 162 valence electrons. The SMILES string of the molecule is CC(C)NC(=O)c1cnn2c1C[C@H](CNC(=O)Cc1ccccc1OC(C)C)CC2. The molecule has 7 nitrogen and oxygen atoms in total. The van der Waals surface area contributed by atoms with Crippen molar-refractivity contribution in [3.05, 3.63) is 47.3 Å². The number of aromatic nitrogens is 2. The van der Waals surface area contributed by atoms with Crippen molar-refractivity contribution in [1.82, 2.24) is 20.4 Å². The van der Waals surface area contributed by atoms with Gasteiger partial charge in [-0.25, -0.2) is 0 Å². The third-order valence-corrected chi connectivity index (χ3v) is 5.12. The molecule has 0 saturated heterocycles. The monoisotopic (exact) mass is 412 g/mol. The fourth-order valence-corrected chi connectivity index (χ4v) is 3.72. The van der Waals surface area contributed by atoms with E-state index in [9.17, 15) is 9.59 Å². The Morgan fingerprint density at radius 2 is 2.00 bits per heavy atom. The maximum absolute atomic E-state index is 12.5. The number of carbonyl (C=O) groups excluding carboxylic acids is 2. The average molecular weight is 413 g/mol. The van der Waals surface area contributed by atoms with Crippen LogP contribution in [0, 0.1) is 5.92 Å². The van der Waals surface area contributed by atoms with Gasteiger partial charge in [0.15, 0.2) is 0 Å². The molecule has 1 aromatic carbocycles. The van der Waals surface area contributed by atoms with Gasteiger partial charge in [0.05, 0.1) is 30.0 Å². The van der Waals surface area contributed by atoms with Crippen molar-refractivity contribution < 1.29 is 14.3 Å². The second kappa shape index (κ2) is 9.78. The number of nitrogens with one attached hydrogen (secondary N) is 2. The van der Waals surface area contributed by atoms with Gasteiger partial charge in [-0.3, -0.25) is 14.3 Å². The largest absolute Gasteiger partial charge is 0.491 e. The molecule has 7 heteroatoms. The highest BCUT2D eigenvalue weighted by Crippen LogP contribution is 2.23. The van der Waals surface area contributed by atoms with Crippen molar-refractivity contribution in [2.24, 2.45) is 5.92 Å². The van der Waals surface area contributed by atoms with Gasteiger partial charge in [-0.05, 0) is 52.5 Å². The van der Waals surface area contributed by atoms with Gasteiger partial charge in [0, 0.05) is 24.7 Å². The number of para-hydroxylation sites is 1. The Hall–Kier alpha value is -2.83. The molecule has 30 heavy (non-hydrogen) atoms. The Morgan fingerprint density at radius 3 is 2.73 bits per heavy atom. The number of aryl methyl sites for hydroxylation is 1. The lowest BCUT2D eigenvalue weighted by atomic mass is 9.94. The molecule has 2 heterocycles. The number of hydrogen-bond donors (Lipinski definition) is 2. The summed E-state index contributed by atoms with van der Waals surface area (Å²) in [5.41, 5.74) is 2.48. The number of rotatable bonds is 8. The standard InChI is InChI=1S/C23H32N4O3/c1-15(2)26-23(29)19-14-25-27-10-9-17(11-20(19)27)13-24-22(28)12-18-7-5-6-8-21(18)30-16(3)4/h5-8,14-17H,9-13H2,1-4H3,(H,24,28)(H,26,29)/t17-/m1/s1. The third kappa shape index (κ3) is 5.62. The van der Waals surface area contributed by atoms with Gasteiger partial charge in [0.1, 0.15) is 5.75 Å². The molecule has 3 rings (SSSR count). The van der Waals surface area contributed by atoms with Crippen LogP contribution >= 0.6 is 0 Å². The second-order valence-electron chi connectivity index (χ2n) is 8.47. The summed E-state index contributed by atoms with van der Waals surface area (Å²) in [6.45, 7) is 9.17. The first-order valence-corrected chi connectivity index (χ1v) is 10.7. The molecule has 0 fully saturated rings. The first kappa shape index (κ1) is 21.9. The number of amides is 2. The summed E-state index contributed by atoms with van der Waals surface area (Å²) in [7, 11) is 0. The van der Waals surface area contributed by atoms with Gasteiger partial charge in [-0.2, -0.15) is 5.10 Å². The fraction of sp³-hybridized carbons (Fsp3) is 0.522. The Labute approximate surface area is 178 Å². The molecule has 1 atom stereocenters. The third-order valence-electron chi connectivity index (χ3n) is 5.12. The molecule has 0 radical (unpaired) electrons. The number of hydrogen-bond acceptors (Lipinski definition) is 4. The number of benzene rings is 1. The molecule has 0 aliphatic carbocycles. The summed E-state index contributed by atoms with van der Waals surface area (Å²) >= 11 is 0. The predicted octanol–water partition coefficient (Wildman–Crippen LogP) is 2.73. The van der Waals surface area contributed by atoms with Crippen LogP contribution in [0.3, 0.4) is 0 Å². The lowest BCUT2D eigenvalue weighted by Gasteiger charge is -2.24. The molecule has 2 aromatic rings. The molecule has 0 unspecified atom stereocenters. The van der Waals surface area contributed by atoms with Crippen molar-refractivity contribution in [2.75, 3.05) is 6.54 Å². The highest BCUT2D eigenvalue weighted by Gasteiger charge is 2.25. The lowest BCUT2D eigenvalue weighted by Crippen LogP contribution is -2.35. The highest BCUT2D eigenvalue weighted by atomic mass is 16.5. The van der Waals surface area contributed by atoms with Crippen LogP contribution in [-0.2, 0) is 24.2 Å². The smallest absolute Gasteiger partial charge is 0.254 e. The highest BCUT2D eigenvalue weighted by molar-refractivity contribution is 5.95. The van der Waals surface area contributed by atoms with Gasteiger partial charge in [0.2, 0.25) is 5.91 Å². The van der Waals surface area contributed by atoms with Crippen LogP contribution in [0.1, 0.15) is 55.7 Å². The summed E-state index contributed by atoms with van der Waals surface area (Å²) in [5, 5.41) is 10.4. The zero-order chi connectivity index (χ0) is 21.7. The zero-order valence-electron chi connectivity index (χ0n) is 18.3. The second-order valence-corrected chi connectivity index (χ2v) is 8.47. The van der Waals surface area contributed by atoms with Crippen LogP contribution in [0.4, 0.5) is 0 Å². The average Bonchev–Trinajstić information content (AvgIpc) is 3.10. The van der Waals surface area contributed by atoms with E-state index in [1.165, 1.54) is 0 Å². The normalized spacial score (nSPS) is 15.7. The maximum Gasteiger partial charge on any atom is 0.254 e. The summed E-state index contributed by atoms with van der Waals surface area (Å²) in [4.78, 5) is 25.0. The van der Waals surface area contributed by atoms with Crippen LogP contribution in [0.2, 0.25) is 0 Å². The van der Waals surface area contributed by atoms with E-state index >= 15 is 0 Å². The minimum Gasteiger partial charge on any atom is -0.491 e. The molecule has 0 bridgehead atoms. The van der Waals surface area contributed by atoms with E-state index < -0.39 is 0 Å². The van der Waals surface area contributed by atoms with Crippen LogP contribution in [0.25, 0.3) is 0 Å². The van der Waals surface area contributed by atoms with E-state index in [1.54, 1.807) is 6.20 Å². The van der Waals surface area contributed by atoms with E-state index in [-0.39, 0.29) is 36.3 Å². The van der Waals surface area contributed by atoms with Gasteiger partial charge in [-0.1, -0.05) is 18.2 Å². The molecular formula is C23H32N4O3. The van der Waals surface area contributed by atoms with Gasteiger partial charge >= 0.3 is 0 Å². The van der Waals surface area contributed by atoms with Crippen molar-refractivity contribution in [3.63, 3.8) is 0 Å². The van der Waals surface area contributed by atoms with E-state index in [0.29, 0.717) is 12.1 Å². The quantitative estimate of drug-likeness (QED) is 0.698. The summed E-state index contributed by atoms with van der Waals surface area (Å²) in [6, 6.07) is 7.73. The Balaban J connectivity index is 1.56. The molecule has 1 aliphatic heterocycles. The molecule has 0 spiro atoms. The molecule has 0 saturated carbocycles. The summed E-state index contributed by atoms with van der Waals surface area (Å²) in [6.07, 6.45) is 3.65. The minimum absolute atomic E-state index is 0.0216. The number of ether oxygens (including phenoxy) is 1.